The van der Waals surface area contributed by atoms with E-state index in [0.29, 0.717) is 0 Å². The summed E-state index contributed by atoms with van der Waals surface area (Å²) < 4.78 is 4.38. The van der Waals surface area contributed by atoms with Gasteiger partial charge < -0.3 is 8.80 Å². The van der Waals surface area contributed by atoms with E-state index in [2.05, 4.69) is 131 Å². The lowest BCUT2D eigenvalue weighted by molar-refractivity contribution is 1.19. The average molecular weight is 384 g/mol. The fourth-order valence-corrected chi connectivity index (χ4v) is 4.15. The molecule has 0 saturated heterocycles. The van der Waals surface area contributed by atoms with E-state index in [1.54, 1.807) is 0 Å². The van der Waals surface area contributed by atoms with E-state index < -0.39 is 0 Å². The maximum absolute atomic E-state index is 2.26. The molecule has 0 saturated carbocycles. The van der Waals surface area contributed by atoms with E-state index in [0.717, 1.165) is 0 Å². The molecule has 2 nitrogen and oxygen atoms in total. The monoisotopic (exact) mass is 384 g/mol. The third-order valence-electron chi connectivity index (χ3n) is 5.74. The Labute approximate surface area is 175 Å². The van der Waals surface area contributed by atoms with E-state index in [9.17, 15) is 0 Å². The first-order chi connectivity index (χ1) is 14.8. The van der Waals surface area contributed by atoms with Crippen LogP contribution in [-0.2, 0) is 0 Å². The van der Waals surface area contributed by atoms with Crippen molar-refractivity contribution in [2.45, 2.75) is 0 Å². The topological polar surface area (TPSA) is 8.82 Å². The molecule has 0 unspecified atom stereocenters. The molecule has 0 aliphatic carbocycles. The van der Waals surface area contributed by atoms with Crippen LogP contribution in [0.5, 0.6) is 0 Å². The third-order valence-corrected chi connectivity index (χ3v) is 5.74. The van der Waals surface area contributed by atoms with Gasteiger partial charge in [-0.15, -0.1) is 0 Å². The molecule has 0 aliphatic heterocycles. The lowest BCUT2D eigenvalue weighted by atomic mass is 10.1. The molecular formula is C28H20N2. The van der Waals surface area contributed by atoms with Crippen LogP contribution < -0.4 is 0 Å². The minimum Gasteiger partial charge on any atom is -0.323 e. The number of rotatable bonds is 3. The Balaban J connectivity index is 1.40. The van der Waals surface area contributed by atoms with Crippen LogP contribution in [0.3, 0.4) is 0 Å². The highest BCUT2D eigenvalue weighted by molar-refractivity contribution is 5.78. The van der Waals surface area contributed by atoms with Gasteiger partial charge in [0, 0.05) is 46.9 Å². The average Bonchev–Trinajstić information content (AvgIpc) is 3.43. The number of aromatic nitrogens is 2. The van der Waals surface area contributed by atoms with Crippen molar-refractivity contribution in [2.24, 2.45) is 0 Å². The van der Waals surface area contributed by atoms with Crippen molar-refractivity contribution >= 4 is 11.0 Å². The first-order valence-electron chi connectivity index (χ1n) is 10.2. The normalized spacial score (nSPS) is 11.3. The van der Waals surface area contributed by atoms with Gasteiger partial charge in [0.15, 0.2) is 0 Å². The lowest BCUT2D eigenvalue weighted by Crippen LogP contribution is -1.86. The smallest absolute Gasteiger partial charge is 0.0462 e. The Kier molecular flexibility index (Phi) is 3.82. The highest BCUT2D eigenvalue weighted by Crippen LogP contribution is 2.29. The van der Waals surface area contributed by atoms with Crippen LogP contribution in [0.15, 0.2) is 122 Å². The van der Waals surface area contributed by atoms with Crippen molar-refractivity contribution in [2.75, 3.05) is 0 Å². The summed E-state index contributed by atoms with van der Waals surface area (Å²) in [5.41, 5.74) is 9.81. The summed E-state index contributed by atoms with van der Waals surface area (Å²) in [6.45, 7) is 0. The van der Waals surface area contributed by atoms with Crippen molar-refractivity contribution in [3.8, 4) is 33.4 Å². The van der Waals surface area contributed by atoms with Crippen LogP contribution in [0.4, 0.5) is 0 Å². The van der Waals surface area contributed by atoms with E-state index in [-0.39, 0.29) is 0 Å². The first-order valence-corrected chi connectivity index (χ1v) is 10.2. The Hall–Kier alpha value is -4.04. The second-order valence-corrected chi connectivity index (χ2v) is 7.68. The standard InChI is InChI=1S/C28H20N2/c1-3-7-21(8-4-1)25-17-27-15-23(11-13-29(27)19-25)24-12-14-30-20-26(18-28(30)16-24)22-9-5-2-6-10-22/h1-20H. The van der Waals surface area contributed by atoms with Gasteiger partial charge in [0.2, 0.25) is 0 Å². The molecule has 6 aromatic rings. The SMILES string of the molecule is c1ccc(-c2cc3cc(-c4ccn5cc(-c6ccccc6)cc5c4)ccn3c2)cc1. The van der Waals surface area contributed by atoms with Crippen molar-refractivity contribution in [3.05, 3.63) is 122 Å². The molecule has 2 aromatic carbocycles. The zero-order valence-corrected chi connectivity index (χ0v) is 16.4. The zero-order valence-electron chi connectivity index (χ0n) is 16.4. The summed E-state index contributed by atoms with van der Waals surface area (Å²) >= 11 is 0. The van der Waals surface area contributed by atoms with Crippen LogP contribution in [0.25, 0.3) is 44.4 Å². The van der Waals surface area contributed by atoms with E-state index in [4.69, 9.17) is 0 Å². The molecule has 2 heteroatoms. The second-order valence-electron chi connectivity index (χ2n) is 7.68. The van der Waals surface area contributed by atoms with Gasteiger partial charge in [-0.2, -0.15) is 0 Å². The Bertz CT molecular complexity index is 1360. The van der Waals surface area contributed by atoms with E-state index in [1.807, 2.05) is 0 Å². The van der Waals surface area contributed by atoms with Gasteiger partial charge in [-0.25, -0.2) is 0 Å². The summed E-state index contributed by atoms with van der Waals surface area (Å²) in [4.78, 5) is 0. The first kappa shape index (κ1) is 16.9. The molecular weight excluding hydrogens is 364 g/mol. The van der Waals surface area contributed by atoms with Crippen molar-refractivity contribution in [3.63, 3.8) is 0 Å². The molecule has 0 spiro atoms. The number of pyridine rings is 2. The quantitative estimate of drug-likeness (QED) is 0.305. The minimum atomic E-state index is 1.20. The summed E-state index contributed by atoms with van der Waals surface area (Å²) in [7, 11) is 0. The molecule has 0 aliphatic rings. The second kappa shape index (κ2) is 6.78. The molecule has 0 radical (unpaired) electrons. The fourth-order valence-electron chi connectivity index (χ4n) is 4.15. The number of benzene rings is 2. The van der Waals surface area contributed by atoms with Gasteiger partial charge in [0.05, 0.1) is 0 Å². The van der Waals surface area contributed by atoms with Crippen LogP contribution in [0.1, 0.15) is 0 Å². The molecule has 0 N–H and O–H groups in total. The minimum absolute atomic E-state index is 1.20. The fraction of sp³-hybridized carbons (Fsp3) is 0. The van der Waals surface area contributed by atoms with Crippen LogP contribution >= 0.6 is 0 Å². The zero-order chi connectivity index (χ0) is 19.9. The summed E-state index contributed by atoms with van der Waals surface area (Å²) in [6.07, 6.45) is 8.68. The Morgan fingerprint density at radius 2 is 0.767 bits per heavy atom. The maximum Gasteiger partial charge on any atom is 0.0462 e. The van der Waals surface area contributed by atoms with Gasteiger partial charge >= 0.3 is 0 Å². The predicted molar refractivity (Wildman–Crippen MR) is 125 cm³/mol. The number of hydrogen-bond donors (Lipinski definition) is 0. The lowest BCUT2D eigenvalue weighted by Gasteiger charge is -2.04. The molecule has 4 heterocycles. The largest absolute Gasteiger partial charge is 0.323 e. The molecule has 4 aromatic heterocycles. The van der Waals surface area contributed by atoms with Crippen molar-refractivity contribution in [1.29, 1.82) is 0 Å². The highest BCUT2D eigenvalue weighted by atomic mass is 14.9. The van der Waals surface area contributed by atoms with Gasteiger partial charge in [-0.3, -0.25) is 0 Å². The third kappa shape index (κ3) is 2.90. The van der Waals surface area contributed by atoms with Gasteiger partial charge in [0.1, 0.15) is 0 Å². The predicted octanol–water partition coefficient (Wildman–Crippen LogP) is 7.19. The highest BCUT2D eigenvalue weighted by Gasteiger charge is 2.07. The summed E-state index contributed by atoms with van der Waals surface area (Å²) in [6, 6.07) is 34.5. The number of hydrogen-bond acceptors (Lipinski definition) is 0. The maximum atomic E-state index is 2.26. The molecule has 0 atom stereocenters. The summed E-state index contributed by atoms with van der Waals surface area (Å²) in [5.74, 6) is 0. The van der Waals surface area contributed by atoms with Crippen LogP contribution in [0.2, 0.25) is 0 Å². The van der Waals surface area contributed by atoms with Crippen molar-refractivity contribution < 1.29 is 0 Å². The van der Waals surface area contributed by atoms with Gasteiger partial charge in [-0.1, -0.05) is 60.7 Å². The molecule has 0 amide bonds. The van der Waals surface area contributed by atoms with Crippen molar-refractivity contribution in [1.82, 2.24) is 8.80 Å². The number of nitrogens with zero attached hydrogens (tertiary/aromatic N) is 2. The molecule has 142 valence electrons. The molecule has 0 fully saturated rings. The Morgan fingerprint density at radius 1 is 0.367 bits per heavy atom. The van der Waals surface area contributed by atoms with Crippen LogP contribution in [0, 0.1) is 0 Å². The van der Waals surface area contributed by atoms with Gasteiger partial charge in [0.25, 0.3) is 0 Å². The van der Waals surface area contributed by atoms with Crippen LogP contribution in [-0.4, -0.2) is 8.80 Å². The van der Waals surface area contributed by atoms with E-state index >= 15 is 0 Å². The number of fused-ring (bicyclic) bond motifs is 2. The van der Waals surface area contributed by atoms with E-state index in [1.165, 1.54) is 44.4 Å². The van der Waals surface area contributed by atoms with Gasteiger partial charge in [-0.05, 0) is 58.7 Å². The molecule has 6 rings (SSSR count). The Morgan fingerprint density at radius 3 is 1.20 bits per heavy atom. The summed E-state index contributed by atoms with van der Waals surface area (Å²) in [5, 5.41) is 0. The molecule has 30 heavy (non-hydrogen) atoms. The molecule has 0 bridgehead atoms.